The molecule has 1 amide bonds. The van der Waals surface area contributed by atoms with Crippen molar-refractivity contribution < 1.29 is 4.79 Å². The molecule has 0 aliphatic heterocycles. The van der Waals surface area contributed by atoms with Crippen LogP contribution in [0, 0.1) is 11.8 Å². The van der Waals surface area contributed by atoms with Crippen LogP contribution in [0.25, 0.3) is 0 Å². The van der Waals surface area contributed by atoms with Crippen LogP contribution < -0.4 is 11.1 Å². The van der Waals surface area contributed by atoms with Gasteiger partial charge in [0.05, 0.1) is 6.04 Å². The van der Waals surface area contributed by atoms with Crippen molar-refractivity contribution in [2.45, 2.75) is 32.2 Å². The van der Waals surface area contributed by atoms with E-state index in [2.05, 4.69) is 5.32 Å². The predicted octanol–water partition coefficient (Wildman–Crippen LogP) is 2.24. The van der Waals surface area contributed by atoms with E-state index < -0.39 is 0 Å². The molecule has 1 aliphatic carbocycles. The normalized spacial score (nSPS) is 24.8. The van der Waals surface area contributed by atoms with Crippen LogP contribution in [0.5, 0.6) is 0 Å². The van der Waals surface area contributed by atoms with E-state index in [4.69, 9.17) is 5.73 Å². The molecule has 3 atom stereocenters. The summed E-state index contributed by atoms with van der Waals surface area (Å²) in [5, 5.41) is 3.11. The van der Waals surface area contributed by atoms with Crippen LogP contribution in [0.4, 0.5) is 0 Å². The Bertz CT molecular complexity index is 391. The summed E-state index contributed by atoms with van der Waals surface area (Å²) in [6.45, 7) is 2.65. The van der Waals surface area contributed by atoms with Gasteiger partial charge in [0.1, 0.15) is 0 Å². The summed E-state index contributed by atoms with van der Waals surface area (Å²) in [7, 11) is 0. The minimum Gasteiger partial charge on any atom is -0.349 e. The van der Waals surface area contributed by atoms with Crippen LogP contribution in [0.1, 0.15) is 37.8 Å². The zero-order chi connectivity index (χ0) is 13.0. The first-order chi connectivity index (χ1) is 8.72. The predicted molar refractivity (Wildman–Crippen MR) is 72.9 cm³/mol. The molecule has 1 aromatic rings. The molecule has 98 valence electrons. The van der Waals surface area contributed by atoms with Gasteiger partial charge in [0, 0.05) is 5.92 Å². The molecule has 0 spiro atoms. The number of amides is 1. The summed E-state index contributed by atoms with van der Waals surface area (Å²) in [5.41, 5.74) is 6.87. The largest absolute Gasteiger partial charge is 0.349 e. The highest BCUT2D eigenvalue weighted by atomic mass is 16.2. The van der Waals surface area contributed by atoms with Gasteiger partial charge in [0.15, 0.2) is 0 Å². The zero-order valence-corrected chi connectivity index (χ0v) is 10.9. The third kappa shape index (κ3) is 2.91. The fraction of sp³-hybridized carbons (Fsp3) is 0.533. The minimum atomic E-state index is 0.0673. The third-order valence-corrected chi connectivity index (χ3v) is 3.96. The van der Waals surface area contributed by atoms with E-state index in [9.17, 15) is 4.79 Å². The fourth-order valence-corrected chi connectivity index (χ4v) is 2.81. The van der Waals surface area contributed by atoms with Gasteiger partial charge in [-0.05, 0) is 37.8 Å². The lowest BCUT2D eigenvalue weighted by Crippen LogP contribution is -2.36. The topological polar surface area (TPSA) is 55.1 Å². The van der Waals surface area contributed by atoms with Crippen molar-refractivity contribution in [2.75, 3.05) is 6.54 Å². The first-order valence-electron chi connectivity index (χ1n) is 6.77. The molecule has 0 aromatic heterocycles. The zero-order valence-electron chi connectivity index (χ0n) is 10.9. The highest BCUT2D eigenvalue weighted by molar-refractivity contribution is 5.79. The SMILES string of the molecule is C[C@@H](NC(=O)C1CCCC1CN)c1ccccc1. The Hall–Kier alpha value is -1.35. The van der Waals surface area contributed by atoms with Crippen LogP contribution in [0.2, 0.25) is 0 Å². The lowest BCUT2D eigenvalue weighted by Gasteiger charge is -2.21. The Labute approximate surface area is 109 Å². The number of rotatable bonds is 4. The lowest BCUT2D eigenvalue weighted by molar-refractivity contribution is -0.126. The molecule has 3 N–H and O–H groups in total. The van der Waals surface area contributed by atoms with E-state index >= 15 is 0 Å². The van der Waals surface area contributed by atoms with Gasteiger partial charge in [-0.1, -0.05) is 36.8 Å². The molecular formula is C15H22N2O. The van der Waals surface area contributed by atoms with Crippen molar-refractivity contribution in [1.82, 2.24) is 5.32 Å². The second-order valence-corrected chi connectivity index (χ2v) is 5.17. The van der Waals surface area contributed by atoms with Gasteiger partial charge in [0.2, 0.25) is 5.91 Å². The van der Waals surface area contributed by atoms with Gasteiger partial charge in [-0.2, -0.15) is 0 Å². The van der Waals surface area contributed by atoms with Crippen molar-refractivity contribution in [3.05, 3.63) is 35.9 Å². The maximum Gasteiger partial charge on any atom is 0.223 e. The van der Waals surface area contributed by atoms with E-state index in [-0.39, 0.29) is 17.9 Å². The van der Waals surface area contributed by atoms with Gasteiger partial charge >= 0.3 is 0 Å². The molecule has 1 aromatic carbocycles. The van der Waals surface area contributed by atoms with Crippen molar-refractivity contribution in [3.63, 3.8) is 0 Å². The van der Waals surface area contributed by atoms with Gasteiger partial charge in [0.25, 0.3) is 0 Å². The van der Waals surface area contributed by atoms with Crippen LogP contribution >= 0.6 is 0 Å². The van der Waals surface area contributed by atoms with E-state index in [1.54, 1.807) is 0 Å². The number of benzene rings is 1. The van der Waals surface area contributed by atoms with Gasteiger partial charge in [-0.15, -0.1) is 0 Å². The van der Waals surface area contributed by atoms with E-state index in [1.165, 1.54) is 0 Å². The Balaban J connectivity index is 1.95. The fourth-order valence-electron chi connectivity index (χ4n) is 2.81. The van der Waals surface area contributed by atoms with Crippen LogP contribution in [-0.4, -0.2) is 12.5 Å². The van der Waals surface area contributed by atoms with Crippen LogP contribution in [-0.2, 0) is 4.79 Å². The number of nitrogens with two attached hydrogens (primary N) is 1. The maximum absolute atomic E-state index is 12.2. The third-order valence-electron chi connectivity index (χ3n) is 3.96. The number of nitrogens with one attached hydrogen (secondary N) is 1. The molecule has 3 heteroatoms. The Morgan fingerprint density at radius 1 is 1.39 bits per heavy atom. The van der Waals surface area contributed by atoms with Crippen molar-refractivity contribution in [2.24, 2.45) is 17.6 Å². The number of carbonyl (C=O) groups excluding carboxylic acids is 1. The highest BCUT2D eigenvalue weighted by Gasteiger charge is 2.32. The molecule has 2 rings (SSSR count). The standard InChI is InChI=1S/C15H22N2O/c1-11(12-6-3-2-4-7-12)17-15(18)14-9-5-8-13(14)10-16/h2-4,6-7,11,13-14H,5,8-10,16H2,1H3,(H,17,18)/t11-,13?,14?/m1/s1. The molecular weight excluding hydrogens is 224 g/mol. The minimum absolute atomic E-state index is 0.0673. The molecule has 0 heterocycles. The molecule has 3 nitrogen and oxygen atoms in total. The Morgan fingerprint density at radius 3 is 2.78 bits per heavy atom. The smallest absolute Gasteiger partial charge is 0.223 e. The molecule has 2 unspecified atom stereocenters. The summed E-state index contributed by atoms with van der Waals surface area (Å²) < 4.78 is 0. The lowest BCUT2D eigenvalue weighted by atomic mass is 9.95. The van der Waals surface area contributed by atoms with Gasteiger partial charge in [-0.25, -0.2) is 0 Å². The Kier molecular flexibility index (Phi) is 4.37. The molecule has 1 aliphatic rings. The van der Waals surface area contributed by atoms with Crippen molar-refractivity contribution in [1.29, 1.82) is 0 Å². The van der Waals surface area contributed by atoms with Gasteiger partial charge in [-0.3, -0.25) is 4.79 Å². The van der Waals surface area contributed by atoms with E-state index in [1.807, 2.05) is 37.3 Å². The average molecular weight is 246 g/mol. The second kappa shape index (κ2) is 6.01. The molecule has 18 heavy (non-hydrogen) atoms. The molecule has 1 saturated carbocycles. The summed E-state index contributed by atoms with van der Waals surface area (Å²) in [6, 6.07) is 10.1. The summed E-state index contributed by atoms with van der Waals surface area (Å²) in [6.07, 6.45) is 3.20. The first kappa shape index (κ1) is 13.1. The van der Waals surface area contributed by atoms with Crippen LogP contribution in [0.3, 0.4) is 0 Å². The summed E-state index contributed by atoms with van der Waals surface area (Å²) in [4.78, 5) is 12.2. The maximum atomic E-state index is 12.2. The number of hydrogen-bond donors (Lipinski definition) is 2. The number of hydrogen-bond acceptors (Lipinski definition) is 2. The van der Waals surface area contributed by atoms with Gasteiger partial charge < -0.3 is 11.1 Å². The van der Waals surface area contributed by atoms with E-state index in [0.717, 1.165) is 24.8 Å². The first-order valence-corrected chi connectivity index (χ1v) is 6.77. The molecule has 0 radical (unpaired) electrons. The summed E-state index contributed by atoms with van der Waals surface area (Å²) >= 11 is 0. The number of carbonyl (C=O) groups is 1. The molecule has 0 saturated heterocycles. The Morgan fingerprint density at radius 2 is 2.11 bits per heavy atom. The second-order valence-electron chi connectivity index (χ2n) is 5.17. The van der Waals surface area contributed by atoms with Crippen molar-refractivity contribution in [3.8, 4) is 0 Å². The quantitative estimate of drug-likeness (QED) is 0.856. The van der Waals surface area contributed by atoms with Crippen LogP contribution in [0.15, 0.2) is 30.3 Å². The van der Waals surface area contributed by atoms with E-state index in [0.29, 0.717) is 12.5 Å². The average Bonchev–Trinajstić information content (AvgIpc) is 2.88. The molecule has 0 bridgehead atoms. The van der Waals surface area contributed by atoms with Crippen molar-refractivity contribution >= 4 is 5.91 Å². The summed E-state index contributed by atoms with van der Waals surface area (Å²) in [5.74, 6) is 0.647. The highest BCUT2D eigenvalue weighted by Crippen LogP contribution is 2.31. The molecule has 1 fully saturated rings. The monoisotopic (exact) mass is 246 g/mol.